The Hall–Kier alpha value is 0.230. The van der Waals surface area contributed by atoms with Crippen LogP contribution in [0.2, 0.25) is 0 Å². The van der Waals surface area contributed by atoms with Crippen molar-refractivity contribution in [2.24, 2.45) is 11.7 Å². The second-order valence-corrected chi connectivity index (χ2v) is 4.73. The maximum absolute atomic E-state index is 5.79. The van der Waals surface area contributed by atoms with E-state index >= 15 is 0 Å². The van der Waals surface area contributed by atoms with Crippen LogP contribution >= 0.6 is 11.8 Å². The third kappa shape index (κ3) is 3.13. The zero-order valence-corrected chi connectivity index (χ0v) is 9.39. The molecular weight excluding hydrogens is 186 g/mol. The van der Waals surface area contributed by atoms with Crippen LogP contribution in [-0.4, -0.2) is 37.1 Å². The highest BCUT2D eigenvalue weighted by Gasteiger charge is 2.35. The van der Waals surface area contributed by atoms with Crippen molar-refractivity contribution in [3.05, 3.63) is 0 Å². The first-order chi connectivity index (χ1) is 6.09. The molecular formula is C9H19NO2S. The summed E-state index contributed by atoms with van der Waals surface area (Å²) in [6, 6.07) is 0. The molecule has 1 fully saturated rings. The minimum atomic E-state index is -0.438. The van der Waals surface area contributed by atoms with E-state index in [0.717, 1.165) is 5.75 Å². The largest absolute Gasteiger partial charge is 0.350 e. The number of rotatable bonds is 3. The van der Waals surface area contributed by atoms with Gasteiger partial charge in [0.15, 0.2) is 5.79 Å². The van der Waals surface area contributed by atoms with E-state index in [1.165, 1.54) is 0 Å². The lowest BCUT2D eigenvalue weighted by Crippen LogP contribution is -2.49. The summed E-state index contributed by atoms with van der Waals surface area (Å²) in [6.07, 6.45) is 2.32. The Labute approximate surface area is 84.3 Å². The van der Waals surface area contributed by atoms with Gasteiger partial charge in [-0.05, 0) is 26.6 Å². The molecule has 0 saturated carbocycles. The van der Waals surface area contributed by atoms with Crippen molar-refractivity contribution in [1.29, 1.82) is 0 Å². The molecule has 2 atom stereocenters. The molecule has 0 aromatic heterocycles. The summed E-state index contributed by atoms with van der Waals surface area (Å²) in [5.41, 5.74) is 5.64. The van der Waals surface area contributed by atoms with E-state index in [2.05, 4.69) is 6.26 Å². The number of thioether (sulfide) groups is 1. The van der Waals surface area contributed by atoms with Gasteiger partial charge in [-0.25, -0.2) is 0 Å². The molecule has 2 N–H and O–H groups in total. The minimum Gasteiger partial charge on any atom is -0.350 e. The summed E-state index contributed by atoms with van der Waals surface area (Å²) in [6.45, 7) is 5.26. The molecule has 0 aromatic rings. The predicted octanol–water partition coefficient (Wildman–Crippen LogP) is 1.08. The highest BCUT2D eigenvalue weighted by atomic mass is 32.2. The van der Waals surface area contributed by atoms with E-state index in [0.29, 0.717) is 19.1 Å². The lowest BCUT2D eigenvalue weighted by Gasteiger charge is -2.40. The van der Waals surface area contributed by atoms with Crippen molar-refractivity contribution in [2.45, 2.75) is 25.7 Å². The molecule has 0 spiro atoms. The molecule has 1 heterocycles. The Balaban J connectivity index is 2.52. The highest BCUT2D eigenvalue weighted by molar-refractivity contribution is 7.98. The molecule has 0 aliphatic carbocycles. The van der Waals surface area contributed by atoms with Crippen LogP contribution in [0.5, 0.6) is 0 Å². The van der Waals surface area contributed by atoms with Crippen LogP contribution < -0.4 is 5.73 Å². The van der Waals surface area contributed by atoms with Crippen LogP contribution in [0.3, 0.4) is 0 Å². The molecule has 0 aromatic carbocycles. The van der Waals surface area contributed by atoms with Gasteiger partial charge in [-0.15, -0.1) is 0 Å². The molecule has 3 nitrogen and oxygen atoms in total. The number of hydrogen-bond acceptors (Lipinski definition) is 4. The molecule has 1 aliphatic heterocycles. The maximum Gasteiger partial charge on any atom is 0.163 e. The van der Waals surface area contributed by atoms with Crippen LogP contribution in [-0.2, 0) is 9.47 Å². The van der Waals surface area contributed by atoms with Crippen molar-refractivity contribution in [3.8, 4) is 0 Å². The summed E-state index contributed by atoms with van der Waals surface area (Å²) >= 11 is 1.79. The molecule has 1 saturated heterocycles. The topological polar surface area (TPSA) is 44.5 Å². The fourth-order valence-corrected chi connectivity index (χ4v) is 2.13. The summed E-state index contributed by atoms with van der Waals surface area (Å²) in [7, 11) is 0. The third-order valence-corrected chi connectivity index (χ3v) is 2.90. The van der Waals surface area contributed by atoms with Gasteiger partial charge >= 0.3 is 0 Å². The van der Waals surface area contributed by atoms with Gasteiger partial charge in [0.05, 0.1) is 12.7 Å². The van der Waals surface area contributed by atoms with Gasteiger partial charge in [-0.2, -0.15) is 11.8 Å². The van der Waals surface area contributed by atoms with Gasteiger partial charge in [-0.1, -0.05) is 0 Å². The van der Waals surface area contributed by atoms with Gasteiger partial charge < -0.3 is 15.2 Å². The van der Waals surface area contributed by atoms with E-state index in [9.17, 15) is 0 Å². The van der Waals surface area contributed by atoms with Gasteiger partial charge in [0.1, 0.15) is 0 Å². The van der Waals surface area contributed by atoms with Gasteiger partial charge in [0.25, 0.3) is 0 Å². The van der Waals surface area contributed by atoms with Crippen LogP contribution in [0.15, 0.2) is 0 Å². The lowest BCUT2D eigenvalue weighted by molar-refractivity contribution is -0.286. The third-order valence-electron chi connectivity index (χ3n) is 2.24. The number of hydrogen-bond donors (Lipinski definition) is 1. The van der Waals surface area contributed by atoms with E-state index in [-0.39, 0.29) is 6.10 Å². The molecule has 1 rings (SSSR count). The fourth-order valence-electron chi connectivity index (χ4n) is 1.46. The summed E-state index contributed by atoms with van der Waals surface area (Å²) in [4.78, 5) is 0. The second-order valence-electron chi connectivity index (χ2n) is 3.82. The van der Waals surface area contributed by atoms with Crippen molar-refractivity contribution in [2.75, 3.05) is 25.2 Å². The number of nitrogens with two attached hydrogens (primary N) is 1. The van der Waals surface area contributed by atoms with Crippen molar-refractivity contribution in [1.82, 2.24) is 0 Å². The predicted molar refractivity (Wildman–Crippen MR) is 55.8 cm³/mol. The average Bonchev–Trinajstić information content (AvgIpc) is 2.04. The Bertz CT molecular complexity index is 164. The van der Waals surface area contributed by atoms with Crippen molar-refractivity contribution >= 4 is 11.8 Å². The zero-order valence-electron chi connectivity index (χ0n) is 8.58. The SMILES string of the molecule is CSCC1OC(C)(C)OCC1CN. The quantitative estimate of drug-likeness (QED) is 0.748. The highest BCUT2D eigenvalue weighted by Crippen LogP contribution is 2.27. The summed E-state index contributed by atoms with van der Waals surface area (Å²) < 4.78 is 11.3. The van der Waals surface area contributed by atoms with E-state index < -0.39 is 5.79 Å². The lowest BCUT2D eigenvalue weighted by atomic mass is 10.0. The molecule has 13 heavy (non-hydrogen) atoms. The average molecular weight is 205 g/mol. The van der Waals surface area contributed by atoms with Crippen LogP contribution in [0.1, 0.15) is 13.8 Å². The Morgan fingerprint density at radius 1 is 1.54 bits per heavy atom. The smallest absolute Gasteiger partial charge is 0.163 e. The fraction of sp³-hybridized carbons (Fsp3) is 1.00. The zero-order chi connectivity index (χ0) is 9.90. The Morgan fingerprint density at radius 3 is 2.77 bits per heavy atom. The van der Waals surface area contributed by atoms with Gasteiger partial charge in [0.2, 0.25) is 0 Å². The van der Waals surface area contributed by atoms with Gasteiger partial charge in [-0.3, -0.25) is 0 Å². The monoisotopic (exact) mass is 205 g/mol. The van der Waals surface area contributed by atoms with Crippen LogP contribution in [0.4, 0.5) is 0 Å². The molecule has 0 radical (unpaired) electrons. The summed E-state index contributed by atoms with van der Waals surface area (Å²) in [5, 5.41) is 0. The van der Waals surface area contributed by atoms with Crippen molar-refractivity contribution in [3.63, 3.8) is 0 Å². The van der Waals surface area contributed by atoms with E-state index in [1.54, 1.807) is 11.8 Å². The van der Waals surface area contributed by atoms with E-state index in [4.69, 9.17) is 15.2 Å². The number of ether oxygens (including phenoxy) is 2. The Morgan fingerprint density at radius 2 is 2.23 bits per heavy atom. The summed E-state index contributed by atoms with van der Waals surface area (Å²) in [5.74, 6) is 0.904. The molecule has 0 amide bonds. The first-order valence-electron chi connectivity index (χ1n) is 4.60. The molecule has 1 aliphatic rings. The first kappa shape index (κ1) is 11.3. The molecule has 0 bridgehead atoms. The molecule has 4 heteroatoms. The first-order valence-corrected chi connectivity index (χ1v) is 5.99. The maximum atomic E-state index is 5.79. The molecule has 78 valence electrons. The van der Waals surface area contributed by atoms with Crippen LogP contribution in [0, 0.1) is 5.92 Å². The second kappa shape index (κ2) is 4.64. The minimum absolute atomic E-state index is 0.240. The normalized spacial score (nSPS) is 33.2. The van der Waals surface area contributed by atoms with E-state index in [1.807, 2.05) is 13.8 Å². The molecule has 2 unspecified atom stereocenters. The van der Waals surface area contributed by atoms with Crippen LogP contribution in [0.25, 0.3) is 0 Å². The van der Waals surface area contributed by atoms with Crippen molar-refractivity contribution < 1.29 is 9.47 Å². The van der Waals surface area contributed by atoms with Gasteiger partial charge in [0, 0.05) is 11.7 Å². The standard InChI is InChI=1S/C9H19NO2S/c1-9(2)11-5-7(4-10)8(12-9)6-13-3/h7-8H,4-6,10H2,1-3H3. The Kier molecular flexibility index (Phi) is 4.04.